The monoisotopic (exact) mass is 184 g/mol. The molecule has 0 aliphatic rings. The van der Waals surface area contributed by atoms with E-state index in [-0.39, 0.29) is 11.3 Å². The molecule has 0 aliphatic carbocycles. The lowest BCUT2D eigenvalue weighted by Crippen LogP contribution is -2.07. The quantitative estimate of drug-likeness (QED) is 0.646. The van der Waals surface area contributed by atoms with Crippen LogP contribution in [0.1, 0.15) is 29.8 Å². The molecule has 0 aliphatic heterocycles. The van der Waals surface area contributed by atoms with Gasteiger partial charge in [-0.05, 0) is 13.0 Å². The topological polar surface area (TPSA) is 17.1 Å². The maximum atomic E-state index is 12.8. The van der Waals surface area contributed by atoms with Crippen molar-refractivity contribution >= 4 is 5.78 Å². The summed E-state index contributed by atoms with van der Waals surface area (Å²) in [5.74, 6) is -3.09. The van der Waals surface area contributed by atoms with Crippen LogP contribution in [0.2, 0.25) is 0 Å². The average molecular weight is 184 g/mol. The fourth-order valence-corrected chi connectivity index (χ4v) is 1.01. The van der Waals surface area contributed by atoms with Crippen LogP contribution in [0.3, 0.4) is 0 Å². The van der Waals surface area contributed by atoms with Crippen LogP contribution in [0.4, 0.5) is 8.78 Å². The predicted octanol–water partition coefficient (Wildman–Crippen LogP) is 3.00. The number of rotatable bonds is 2. The normalized spacial score (nSPS) is 11.4. The summed E-state index contributed by atoms with van der Waals surface area (Å²) in [6.07, 6.45) is 0. The van der Waals surface area contributed by atoms with Crippen LogP contribution >= 0.6 is 0 Å². The van der Waals surface area contributed by atoms with Gasteiger partial charge < -0.3 is 0 Å². The summed E-state index contributed by atoms with van der Waals surface area (Å²) in [4.78, 5) is 10.9. The Balaban J connectivity index is 3.13. The highest BCUT2D eigenvalue weighted by Crippen LogP contribution is 2.27. The summed E-state index contributed by atoms with van der Waals surface area (Å²) < 4.78 is 25.6. The van der Waals surface area contributed by atoms with Crippen LogP contribution in [-0.4, -0.2) is 5.78 Å². The summed E-state index contributed by atoms with van der Waals surface area (Å²) in [6.45, 7) is 2.17. The zero-order valence-electron chi connectivity index (χ0n) is 7.47. The van der Waals surface area contributed by atoms with Gasteiger partial charge >= 0.3 is 0 Å². The van der Waals surface area contributed by atoms with E-state index in [1.807, 2.05) is 0 Å². The average Bonchev–Trinajstić information content (AvgIpc) is 2.03. The zero-order chi connectivity index (χ0) is 10.1. The molecular weight excluding hydrogens is 174 g/mol. The highest BCUT2D eigenvalue weighted by molar-refractivity contribution is 5.94. The number of halogens is 2. The van der Waals surface area contributed by atoms with Crippen molar-refractivity contribution < 1.29 is 13.6 Å². The molecule has 1 aromatic rings. The lowest BCUT2D eigenvalue weighted by Gasteiger charge is -2.10. The van der Waals surface area contributed by atoms with E-state index < -0.39 is 5.92 Å². The second kappa shape index (κ2) is 3.24. The van der Waals surface area contributed by atoms with Crippen molar-refractivity contribution in [2.45, 2.75) is 19.8 Å². The Kier molecular flexibility index (Phi) is 2.45. The fraction of sp³-hybridized carbons (Fsp3) is 0.300. The van der Waals surface area contributed by atoms with E-state index in [1.165, 1.54) is 31.2 Å². The SMILES string of the molecule is CC(=O)c1cccc(C(C)(F)F)c1. The first-order valence-electron chi connectivity index (χ1n) is 3.90. The van der Waals surface area contributed by atoms with Gasteiger partial charge in [0.25, 0.3) is 5.92 Å². The van der Waals surface area contributed by atoms with Crippen molar-refractivity contribution in [3.05, 3.63) is 35.4 Å². The number of carbonyl (C=O) groups excluding carboxylic acids is 1. The Bertz CT molecular complexity index is 326. The number of ketones is 1. The molecular formula is C10H10F2O. The molecule has 0 spiro atoms. The van der Waals surface area contributed by atoms with Crippen LogP contribution in [0.15, 0.2) is 24.3 Å². The zero-order valence-corrected chi connectivity index (χ0v) is 7.47. The Morgan fingerprint density at radius 2 is 2.00 bits per heavy atom. The number of Topliss-reactive ketones (excluding diaryl/α,β-unsaturated/α-hetero) is 1. The van der Waals surface area contributed by atoms with Crippen molar-refractivity contribution in [3.8, 4) is 0 Å². The minimum Gasteiger partial charge on any atom is -0.295 e. The second-order valence-electron chi connectivity index (χ2n) is 3.03. The molecule has 0 bridgehead atoms. The van der Waals surface area contributed by atoms with Crippen LogP contribution in [0.25, 0.3) is 0 Å². The van der Waals surface area contributed by atoms with Crippen molar-refractivity contribution in [3.63, 3.8) is 0 Å². The van der Waals surface area contributed by atoms with Crippen LogP contribution < -0.4 is 0 Å². The first-order valence-corrected chi connectivity index (χ1v) is 3.90. The number of hydrogen-bond donors (Lipinski definition) is 0. The van der Waals surface area contributed by atoms with Gasteiger partial charge in [0.05, 0.1) is 0 Å². The van der Waals surface area contributed by atoms with Crippen molar-refractivity contribution in [1.82, 2.24) is 0 Å². The molecule has 0 atom stereocenters. The first kappa shape index (κ1) is 9.84. The Labute approximate surface area is 75.4 Å². The molecule has 0 fully saturated rings. The molecule has 0 N–H and O–H groups in total. The summed E-state index contributed by atoms with van der Waals surface area (Å²) in [7, 11) is 0. The number of hydrogen-bond acceptors (Lipinski definition) is 1. The Morgan fingerprint density at radius 3 is 2.46 bits per heavy atom. The van der Waals surface area contributed by atoms with E-state index >= 15 is 0 Å². The molecule has 0 heterocycles. The van der Waals surface area contributed by atoms with E-state index in [1.54, 1.807) is 0 Å². The third kappa shape index (κ3) is 2.34. The lowest BCUT2D eigenvalue weighted by molar-refractivity contribution is 0.0174. The minimum absolute atomic E-state index is 0.125. The van der Waals surface area contributed by atoms with Crippen molar-refractivity contribution in [2.24, 2.45) is 0 Å². The van der Waals surface area contributed by atoms with Gasteiger partial charge in [-0.3, -0.25) is 4.79 Å². The highest BCUT2D eigenvalue weighted by atomic mass is 19.3. The molecule has 0 amide bonds. The van der Waals surface area contributed by atoms with Crippen molar-refractivity contribution in [2.75, 3.05) is 0 Å². The number of alkyl halides is 2. The van der Waals surface area contributed by atoms with Crippen molar-refractivity contribution in [1.29, 1.82) is 0 Å². The smallest absolute Gasteiger partial charge is 0.270 e. The highest BCUT2D eigenvalue weighted by Gasteiger charge is 2.24. The van der Waals surface area contributed by atoms with Crippen LogP contribution in [-0.2, 0) is 5.92 Å². The van der Waals surface area contributed by atoms with E-state index in [2.05, 4.69) is 0 Å². The summed E-state index contributed by atoms with van der Waals surface area (Å²) in [5.41, 5.74) is 0.194. The van der Waals surface area contributed by atoms with E-state index in [0.29, 0.717) is 5.56 Å². The third-order valence-electron chi connectivity index (χ3n) is 1.78. The maximum Gasteiger partial charge on any atom is 0.270 e. The molecule has 1 aromatic carbocycles. The summed E-state index contributed by atoms with van der Waals surface area (Å²) >= 11 is 0. The Hall–Kier alpha value is -1.25. The molecule has 0 aromatic heterocycles. The van der Waals surface area contributed by atoms with E-state index in [9.17, 15) is 13.6 Å². The number of carbonyl (C=O) groups is 1. The van der Waals surface area contributed by atoms with E-state index in [4.69, 9.17) is 0 Å². The third-order valence-corrected chi connectivity index (χ3v) is 1.78. The van der Waals surface area contributed by atoms with E-state index in [0.717, 1.165) is 6.92 Å². The molecule has 1 nitrogen and oxygen atoms in total. The molecule has 0 unspecified atom stereocenters. The summed E-state index contributed by atoms with van der Waals surface area (Å²) in [6, 6.07) is 5.52. The first-order chi connectivity index (χ1) is 5.91. The van der Waals surface area contributed by atoms with Gasteiger partial charge in [-0.2, -0.15) is 0 Å². The molecule has 70 valence electrons. The molecule has 0 radical (unpaired) electrons. The van der Waals surface area contributed by atoms with Gasteiger partial charge in [0.2, 0.25) is 0 Å². The molecule has 0 saturated heterocycles. The van der Waals surface area contributed by atoms with Gasteiger partial charge in [0, 0.05) is 18.1 Å². The summed E-state index contributed by atoms with van der Waals surface area (Å²) in [5, 5.41) is 0. The van der Waals surface area contributed by atoms with Crippen LogP contribution in [0, 0.1) is 0 Å². The van der Waals surface area contributed by atoms with Gasteiger partial charge in [-0.15, -0.1) is 0 Å². The van der Waals surface area contributed by atoms with Gasteiger partial charge in [-0.25, -0.2) is 8.78 Å². The minimum atomic E-state index is -2.88. The van der Waals surface area contributed by atoms with Gasteiger partial charge in [0.15, 0.2) is 5.78 Å². The predicted molar refractivity (Wildman–Crippen MR) is 46.0 cm³/mol. The lowest BCUT2D eigenvalue weighted by atomic mass is 10.0. The molecule has 13 heavy (non-hydrogen) atoms. The van der Waals surface area contributed by atoms with Gasteiger partial charge in [0.1, 0.15) is 0 Å². The van der Waals surface area contributed by atoms with Gasteiger partial charge in [-0.1, -0.05) is 18.2 Å². The largest absolute Gasteiger partial charge is 0.295 e. The number of benzene rings is 1. The fourth-order valence-electron chi connectivity index (χ4n) is 1.01. The molecule has 3 heteroatoms. The standard InChI is InChI=1S/C10H10F2O/c1-7(13)8-4-3-5-9(6-8)10(2,11)12/h3-6H,1-2H3. The van der Waals surface area contributed by atoms with Crippen LogP contribution in [0.5, 0.6) is 0 Å². The molecule has 1 rings (SSSR count). The second-order valence-corrected chi connectivity index (χ2v) is 3.03. The maximum absolute atomic E-state index is 12.8. The Morgan fingerprint density at radius 1 is 1.38 bits per heavy atom. The molecule has 0 saturated carbocycles.